The van der Waals surface area contributed by atoms with Crippen LogP contribution < -0.4 is 0 Å². The molecule has 0 saturated carbocycles. The highest BCUT2D eigenvalue weighted by atomic mass is 16.7. The van der Waals surface area contributed by atoms with Gasteiger partial charge in [-0.3, -0.25) is 0 Å². The van der Waals surface area contributed by atoms with Crippen LogP contribution in [0.5, 0.6) is 0 Å². The second-order valence-corrected chi connectivity index (χ2v) is 6.10. The molecule has 0 bridgehead atoms. The Labute approximate surface area is 108 Å². The first-order valence-electron chi connectivity index (χ1n) is 6.55. The van der Waals surface area contributed by atoms with E-state index in [-0.39, 0.29) is 0 Å². The van der Waals surface area contributed by atoms with Crippen LogP contribution in [0.25, 0.3) is 0 Å². The minimum Gasteiger partial charge on any atom is -0.478 e. The summed E-state index contributed by atoms with van der Waals surface area (Å²) in [6.07, 6.45) is 3.33. The van der Waals surface area contributed by atoms with Gasteiger partial charge in [0.25, 0.3) is 0 Å². The summed E-state index contributed by atoms with van der Waals surface area (Å²) in [5.74, 6) is -0.834. The van der Waals surface area contributed by atoms with Crippen molar-refractivity contribution in [1.29, 1.82) is 0 Å². The molecule has 2 rings (SSSR count). The van der Waals surface area contributed by atoms with Crippen molar-refractivity contribution < 1.29 is 19.2 Å². The molecule has 0 aromatic carbocycles. The van der Waals surface area contributed by atoms with Gasteiger partial charge in [-0.2, -0.15) is 0 Å². The van der Waals surface area contributed by atoms with E-state index in [1.165, 1.54) is 0 Å². The minimum atomic E-state index is -0.834. The Bertz CT molecular complexity index is 382. The number of carboxylic acid groups (broad SMARTS) is 1. The summed E-state index contributed by atoms with van der Waals surface area (Å²) in [5, 5.41) is 9.26. The third kappa shape index (κ3) is 2.21. The van der Waals surface area contributed by atoms with Crippen molar-refractivity contribution in [2.24, 2.45) is 0 Å². The largest absolute Gasteiger partial charge is 0.491 e. The van der Waals surface area contributed by atoms with Crippen LogP contribution in [0, 0.1) is 0 Å². The lowest BCUT2D eigenvalue weighted by Crippen LogP contribution is -2.41. The van der Waals surface area contributed by atoms with Gasteiger partial charge < -0.3 is 14.4 Å². The summed E-state index contributed by atoms with van der Waals surface area (Å²) < 4.78 is 11.9. The highest BCUT2D eigenvalue weighted by Crippen LogP contribution is 2.41. The standard InChI is InChI=1S/C13H21BO4/c1-12(2)13(3,4)18-14(17-12)10-8-6-5-7-9(10)11(15)16/h5-8H2,1-4H3,(H,15,16). The molecule has 0 spiro atoms. The average Bonchev–Trinajstić information content (AvgIpc) is 2.48. The maximum atomic E-state index is 11.3. The van der Waals surface area contributed by atoms with E-state index in [0.29, 0.717) is 12.0 Å². The van der Waals surface area contributed by atoms with Gasteiger partial charge in [0.15, 0.2) is 0 Å². The fourth-order valence-electron chi connectivity index (χ4n) is 2.42. The molecular weight excluding hydrogens is 231 g/mol. The van der Waals surface area contributed by atoms with Crippen molar-refractivity contribution >= 4 is 13.1 Å². The number of carbonyl (C=O) groups is 1. The highest BCUT2D eigenvalue weighted by Gasteiger charge is 2.53. The number of rotatable bonds is 2. The number of aliphatic carboxylic acids is 1. The Hall–Kier alpha value is -0.805. The van der Waals surface area contributed by atoms with Crippen molar-refractivity contribution in [2.75, 3.05) is 0 Å². The molecule has 0 amide bonds. The summed E-state index contributed by atoms with van der Waals surface area (Å²) in [5.41, 5.74) is 0.490. The Morgan fingerprint density at radius 1 is 1.11 bits per heavy atom. The SMILES string of the molecule is CC1(C)OB(C2=C(C(=O)O)CCCC2)OC1(C)C. The van der Waals surface area contributed by atoms with Gasteiger partial charge in [0.2, 0.25) is 0 Å². The van der Waals surface area contributed by atoms with E-state index in [4.69, 9.17) is 9.31 Å². The third-order valence-corrected chi connectivity index (χ3v) is 4.31. The highest BCUT2D eigenvalue weighted by molar-refractivity contribution is 6.55. The lowest BCUT2D eigenvalue weighted by molar-refractivity contribution is -0.133. The fourth-order valence-corrected chi connectivity index (χ4v) is 2.42. The van der Waals surface area contributed by atoms with Crippen molar-refractivity contribution in [2.45, 2.75) is 64.6 Å². The Balaban J connectivity index is 2.30. The Kier molecular flexibility index (Phi) is 3.32. The summed E-state index contributed by atoms with van der Waals surface area (Å²) in [6.45, 7) is 7.93. The molecule has 0 aromatic rings. The zero-order chi connectivity index (χ0) is 13.6. The summed E-state index contributed by atoms with van der Waals surface area (Å²) >= 11 is 0. The summed E-state index contributed by atoms with van der Waals surface area (Å²) in [6, 6.07) is 0. The molecule has 100 valence electrons. The summed E-state index contributed by atoms with van der Waals surface area (Å²) in [7, 11) is -0.499. The van der Waals surface area contributed by atoms with E-state index in [1.54, 1.807) is 0 Å². The van der Waals surface area contributed by atoms with Crippen LogP contribution in [0.4, 0.5) is 0 Å². The van der Waals surface area contributed by atoms with Gasteiger partial charge in [-0.15, -0.1) is 0 Å². The van der Waals surface area contributed by atoms with E-state index in [0.717, 1.165) is 24.7 Å². The van der Waals surface area contributed by atoms with Gasteiger partial charge in [-0.1, -0.05) is 0 Å². The number of allylic oxidation sites excluding steroid dienone is 1. The molecule has 1 aliphatic heterocycles. The molecule has 1 saturated heterocycles. The first-order chi connectivity index (χ1) is 8.24. The average molecular weight is 252 g/mol. The lowest BCUT2D eigenvalue weighted by Gasteiger charge is -2.32. The molecule has 0 atom stereocenters. The predicted molar refractivity (Wildman–Crippen MR) is 69.2 cm³/mol. The van der Waals surface area contributed by atoms with Crippen LogP contribution in [0.1, 0.15) is 53.4 Å². The van der Waals surface area contributed by atoms with Gasteiger partial charge in [0.1, 0.15) is 0 Å². The first-order valence-corrected chi connectivity index (χ1v) is 6.55. The number of hydrogen-bond donors (Lipinski definition) is 1. The molecule has 2 aliphatic rings. The van der Waals surface area contributed by atoms with Crippen LogP contribution in [-0.2, 0) is 14.1 Å². The fraction of sp³-hybridized carbons (Fsp3) is 0.769. The molecule has 5 heteroatoms. The zero-order valence-corrected chi connectivity index (χ0v) is 11.6. The van der Waals surface area contributed by atoms with Gasteiger partial charge in [-0.05, 0) is 58.9 Å². The maximum Gasteiger partial charge on any atom is 0.491 e. The predicted octanol–water partition coefficient (Wildman–Crippen LogP) is 2.57. The molecule has 0 unspecified atom stereocenters. The molecule has 1 heterocycles. The molecule has 18 heavy (non-hydrogen) atoms. The molecule has 1 fully saturated rings. The van der Waals surface area contributed by atoms with Crippen LogP contribution in [0.15, 0.2) is 11.0 Å². The van der Waals surface area contributed by atoms with Gasteiger partial charge >= 0.3 is 13.1 Å². The zero-order valence-electron chi connectivity index (χ0n) is 11.6. The first kappa shape index (κ1) is 13.6. The van der Waals surface area contributed by atoms with Crippen molar-refractivity contribution in [3.8, 4) is 0 Å². The van der Waals surface area contributed by atoms with E-state index in [2.05, 4.69) is 0 Å². The quantitative estimate of drug-likeness (QED) is 0.767. The van der Waals surface area contributed by atoms with Gasteiger partial charge in [-0.25, -0.2) is 4.79 Å². The van der Waals surface area contributed by atoms with E-state index < -0.39 is 24.3 Å². The lowest BCUT2D eigenvalue weighted by atomic mass is 9.69. The van der Waals surface area contributed by atoms with Gasteiger partial charge in [0, 0.05) is 5.57 Å². The van der Waals surface area contributed by atoms with E-state index in [1.807, 2.05) is 27.7 Å². The molecular formula is C13H21BO4. The number of carboxylic acids is 1. The summed E-state index contributed by atoms with van der Waals surface area (Å²) in [4.78, 5) is 11.3. The van der Waals surface area contributed by atoms with Crippen molar-refractivity contribution in [1.82, 2.24) is 0 Å². The van der Waals surface area contributed by atoms with Crippen LogP contribution in [-0.4, -0.2) is 29.4 Å². The Morgan fingerprint density at radius 3 is 2.11 bits per heavy atom. The molecule has 0 radical (unpaired) electrons. The molecule has 1 N–H and O–H groups in total. The second kappa shape index (κ2) is 4.39. The molecule has 1 aliphatic carbocycles. The topological polar surface area (TPSA) is 55.8 Å². The molecule has 4 nitrogen and oxygen atoms in total. The van der Waals surface area contributed by atoms with E-state index in [9.17, 15) is 9.90 Å². The van der Waals surface area contributed by atoms with Crippen LogP contribution in [0.2, 0.25) is 0 Å². The van der Waals surface area contributed by atoms with Crippen LogP contribution in [0.3, 0.4) is 0 Å². The normalized spacial score (nSPS) is 26.6. The van der Waals surface area contributed by atoms with Crippen molar-refractivity contribution in [3.63, 3.8) is 0 Å². The molecule has 0 aromatic heterocycles. The second-order valence-electron chi connectivity index (χ2n) is 6.10. The third-order valence-electron chi connectivity index (χ3n) is 4.31. The van der Waals surface area contributed by atoms with Crippen LogP contribution >= 0.6 is 0 Å². The smallest absolute Gasteiger partial charge is 0.478 e. The number of hydrogen-bond acceptors (Lipinski definition) is 3. The minimum absolute atomic E-state index is 0.411. The van der Waals surface area contributed by atoms with E-state index >= 15 is 0 Å². The maximum absolute atomic E-state index is 11.3. The Morgan fingerprint density at radius 2 is 1.61 bits per heavy atom. The van der Waals surface area contributed by atoms with Crippen molar-refractivity contribution in [3.05, 3.63) is 11.0 Å². The monoisotopic (exact) mass is 252 g/mol. The van der Waals surface area contributed by atoms with Gasteiger partial charge in [0.05, 0.1) is 11.2 Å².